The van der Waals surface area contributed by atoms with E-state index in [0.29, 0.717) is 26.2 Å². The topological polar surface area (TPSA) is 119 Å². The number of nitrogens with two attached hydrogens (primary N) is 1. The molecule has 0 saturated carbocycles. The fourth-order valence-corrected chi connectivity index (χ4v) is 2.64. The molecule has 2 N–H and O–H groups in total. The Bertz CT molecular complexity index is 626. The van der Waals surface area contributed by atoms with Crippen molar-refractivity contribution in [2.24, 2.45) is 5.73 Å². The molecule has 0 bridgehead atoms. The predicted octanol–water partition coefficient (Wildman–Crippen LogP) is -0.0113. The van der Waals surface area contributed by atoms with Crippen LogP contribution in [0.5, 0.6) is 0 Å². The highest BCUT2D eigenvalue weighted by Crippen LogP contribution is 2.33. The third-order valence-electron chi connectivity index (χ3n) is 3.68. The van der Waals surface area contributed by atoms with Gasteiger partial charge in [-0.15, -0.1) is 0 Å². The van der Waals surface area contributed by atoms with Crippen LogP contribution >= 0.6 is 0 Å². The van der Waals surface area contributed by atoms with Gasteiger partial charge in [0.1, 0.15) is 5.69 Å². The fraction of sp³-hybridized carbons (Fsp3) is 0.429. The van der Waals surface area contributed by atoms with Crippen LogP contribution in [0.1, 0.15) is 10.4 Å². The molecule has 1 fully saturated rings. The number of benzene rings is 1. The molecule has 1 saturated heterocycles. The number of piperazine rings is 1. The number of hydrogen-bond acceptors (Lipinski definition) is 7. The van der Waals surface area contributed by atoms with Crippen molar-refractivity contribution in [2.45, 2.75) is 0 Å². The highest BCUT2D eigenvalue weighted by molar-refractivity contribution is 5.98. The predicted molar refractivity (Wildman–Crippen MR) is 82.3 cm³/mol. The van der Waals surface area contributed by atoms with Crippen LogP contribution < -0.4 is 10.6 Å². The number of nitro benzene ring substituents is 1. The smallest absolute Gasteiger partial charge is 0.340 e. The first kappa shape index (κ1) is 16.7. The molecule has 2 rings (SSSR count). The van der Waals surface area contributed by atoms with Gasteiger partial charge in [0.05, 0.1) is 24.1 Å². The van der Waals surface area contributed by atoms with Gasteiger partial charge in [-0.3, -0.25) is 19.8 Å². The van der Waals surface area contributed by atoms with Crippen LogP contribution in [0.2, 0.25) is 0 Å². The summed E-state index contributed by atoms with van der Waals surface area (Å²) in [6.07, 6.45) is 0. The molecule has 124 valence electrons. The monoisotopic (exact) mass is 322 g/mol. The van der Waals surface area contributed by atoms with Crippen molar-refractivity contribution in [3.63, 3.8) is 0 Å². The maximum absolute atomic E-state index is 11.9. The lowest BCUT2D eigenvalue weighted by Gasteiger charge is -2.35. The SMILES string of the molecule is COC(=O)c1cccc([N+](=O)[O-])c1N1CCN(CC(N)=O)CC1. The van der Waals surface area contributed by atoms with Gasteiger partial charge in [-0.2, -0.15) is 0 Å². The first-order valence-corrected chi connectivity index (χ1v) is 7.05. The molecular weight excluding hydrogens is 304 g/mol. The number of nitro groups is 1. The minimum atomic E-state index is -0.622. The quantitative estimate of drug-likeness (QED) is 0.460. The third-order valence-corrected chi connectivity index (χ3v) is 3.68. The zero-order chi connectivity index (χ0) is 17.0. The van der Waals surface area contributed by atoms with Crippen molar-refractivity contribution in [1.29, 1.82) is 0 Å². The van der Waals surface area contributed by atoms with E-state index in [1.165, 1.54) is 25.3 Å². The average Bonchev–Trinajstić information content (AvgIpc) is 2.53. The summed E-state index contributed by atoms with van der Waals surface area (Å²) in [5.41, 5.74) is 5.44. The molecule has 1 aliphatic rings. The van der Waals surface area contributed by atoms with E-state index in [-0.39, 0.29) is 23.5 Å². The lowest BCUT2D eigenvalue weighted by atomic mass is 10.1. The average molecular weight is 322 g/mol. The number of primary amides is 1. The fourth-order valence-electron chi connectivity index (χ4n) is 2.64. The normalized spacial score (nSPS) is 15.3. The number of carbonyl (C=O) groups excluding carboxylic acids is 2. The Morgan fingerprint density at radius 2 is 1.96 bits per heavy atom. The van der Waals surface area contributed by atoms with Crippen LogP contribution in [0.25, 0.3) is 0 Å². The van der Waals surface area contributed by atoms with Crippen molar-refractivity contribution >= 4 is 23.3 Å². The molecule has 0 atom stereocenters. The Morgan fingerprint density at radius 3 is 2.48 bits per heavy atom. The molecular formula is C14H18N4O5. The molecule has 0 radical (unpaired) electrons. The first-order chi connectivity index (χ1) is 10.9. The molecule has 0 unspecified atom stereocenters. The highest BCUT2D eigenvalue weighted by Gasteiger charge is 2.29. The number of carbonyl (C=O) groups is 2. The summed E-state index contributed by atoms with van der Waals surface area (Å²) < 4.78 is 4.72. The van der Waals surface area contributed by atoms with E-state index in [1.807, 2.05) is 4.90 Å². The molecule has 9 heteroatoms. The molecule has 9 nitrogen and oxygen atoms in total. The molecule has 1 aromatic carbocycles. The minimum Gasteiger partial charge on any atom is -0.465 e. The van der Waals surface area contributed by atoms with Gasteiger partial charge < -0.3 is 15.4 Å². The maximum Gasteiger partial charge on any atom is 0.340 e. The van der Waals surface area contributed by atoms with Crippen LogP contribution in [0.3, 0.4) is 0 Å². The molecule has 0 spiro atoms. The van der Waals surface area contributed by atoms with E-state index in [1.54, 1.807) is 4.90 Å². The zero-order valence-electron chi connectivity index (χ0n) is 12.7. The summed E-state index contributed by atoms with van der Waals surface area (Å²) in [5, 5.41) is 11.3. The molecule has 1 aromatic rings. The largest absolute Gasteiger partial charge is 0.465 e. The van der Waals surface area contributed by atoms with Crippen molar-refractivity contribution in [2.75, 3.05) is 44.7 Å². The summed E-state index contributed by atoms with van der Waals surface area (Å²) in [7, 11) is 1.23. The van der Waals surface area contributed by atoms with Crippen LogP contribution in [-0.4, -0.2) is 61.5 Å². The van der Waals surface area contributed by atoms with Gasteiger partial charge in [0.2, 0.25) is 5.91 Å². The second-order valence-corrected chi connectivity index (χ2v) is 5.15. The van der Waals surface area contributed by atoms with Gasteiger partial charge in [0, 0.05) is 32.2 Å². The summed E-state index contributed by atoms with van der Waals surface area (Å²) in [6, 6.07) is 4.32. The van der Waals surface area contributed by atoms with Gasteiger partial charge in [0.15, 0.2) is 0 Å². The van der Waals surface area contributed by atoms with Gasteiger partial charge >= 0.3 is 5.97 Å². The highest BCUT2D eigenvalue weighted by atomic mass is 16.6. The van der Waals surface area contributed by atoms with Crippen LogP contribution in [-0.2, 0) is 9.53 Å². The number of anilines is 1. The number of methoxy groups -OCH3 is 1. The van der Waals surface area contributed by atoms with E-state index in [9.17, 15) is 19.7 Å². The number of nitrogens with zero attached hydrogens (tertiary/aromatic N) is 3. The Hall–Kier alpha value is -2.68. The lowest BCUT2D eigenvalue weighted by Crippen LogP contribution is -2.49. The first-order valence-electron chi connectivity index (χ1n) is 7.05. The standard InChI is InChI=1S/C14H18N4O5/c1-23-14(20)10-3-2-4-11(18(21)22)13(10)17-7-5-16(6-8-17)9-12(15)19/h2-4H,5-9H2,1H3,(H2,15,19). The number of esters is 1. The van der Waals surface area contributed by atoms with Crippen LogP contribution in [0.4, 0.5) is 11.4 Å². The minimum absolute atomic E-state index is 0.142. The summed E-state index contributed by atoms with van der Waals surface area (Å²) in [5.74, 6) is -1.04. The number of ether oxygens (including phenoxy) is 1. The van der Waals surface area contributed by atoms with Gasteiger partial charge in [-0.05, 0) is 6.07 Å². The lowest BCUT2D eigenvalue weighted by molar-refractivity contribution is -0.384. The van der Waals surface area contributed by atoms with E-state index < -0.39 is 16.8 Å². The van der Waals surface area contributed by atoms with E-state index in [4.69, 9.17) is 10.5 Å². The third kappa shape index (κ3) is 3.75. The van der Waals surface area contributed by atoms with Crippen LogP contribution in [0.15, 0.2) is 18.2 Å². The zero-order valence-corrected chi connectivity index (χ0v) is 12.7. The van der Waals surface area contributed by atoms with Gasteiger partial charge in [-0.1, -0.05) is 6.07 Å². The molecule has 1 aliphatic heterocycles. The Labute approximate surface area is 132 Å². The van der Waals surface area contributed by atoms with Crippen molar-refractivity contribution in [1.82, 2.24) is 4.90 Å². The second kappa shape index (κ2) is 7.05. The summed E-state index contributed by atoms with van der Waals surface area (Å²) in [4.78, 5) is 37.3. The number of para-hydroxylation sites is 1. The maximum atomic E-state index is 11.9. The number of amides is 1. The Balaban J connectivity index is 2.29. The molecule has 23 heavy (non-hydrogen) atoms. The number of rotatable bonds is 5. The van der Waals surface area contributed by atoms with Crippen molar-refractivity contribution in [3.8, 4) is 0 Å². The summed E-state index contributed by atoms with van der Waals surface area (Å²) in [6.45, 7) is 2.09. The van der Waals surface area contributed by atoms with E-state index in [0.717, 1.165) is 0 Å². The van der Waals surface area contributed by atoms with Crippen molar-refractivity contribution in [3.05, 3.63) is 33.9 Å². The van der Waals surface area contributed by atoms with E-state index >= 15 is 0 Å². The van der Waals surface area contributed by atoms with E-state index in [2.05, 4.69) is 0 Å². The number of hydrogen-bond donors (Lipinski definition) is 1. The summed E-state index contributed by atoms with van der Waals surface area (Å²) >= 11 is 0. The molecule has 0 aromatic heterocycles. The van der Waals surface area contributed by atoms with Gasteiger partial charge in [0.25, 0.3) is 5.69 Å². The molecule has 0 aliphatic carbocycles. The second-order valence-electron chi connectivity index (χ2n) is 5.15. The van der Waals surface area contributed by atoms with Crippen LogP contribution in [0, 0.1) is 10.1 Å². The van der Waals surface area contributed by atoms with Gasteiger partial charge in [-0.25, -0.2) is 4.79 Å². The van der Waals surface area contributed by atoms with Crippen molar-refractivity contribution < 1.29 is 19.2 Å². The molecule has 1 heterocycles. The Kier molecular flexibility index (Phi) is 5.12. The Morgan fingerprint density at radius 1 is 1.30 bits per heavy atom. The molecule has 1 amide bonds.